The standard InChI is InChI=1S/C21H18IN5O2/c1-13-7-14(2)9-17(8-13)27-20-18(10-24-27)21(29)26(12-23-20)11-19(28)25-16-5-3-15(22)4-6-16/h3-10,12H,11H2,1-2H3,(H,25,28). The number of aromatic nitrogens is 4. The first-order valence-electron chi connectivity index (χ1n) is 8.98. The molecule has 2 aromatic carbocycles. The zero-order valence-electron chi connectivity index (χ0n) is 15.9. The van der Waals surface area contributed by atoms with Gasteiger partial charge in [-0.15, -0.1) is 0 Å². The maximum atomic E-state index is 12.8. The number of rotatable bonds is 4. The van der Waals surface area contributed by atoms with Gasteiger partial charge in [0.2, 0.25) is 5.91 Å². The predicted molar refractivity (Wildman–Crippen MR) is 120 cm³/mol. The number of aryl methyl sites for hydroxylation is 2. The minimum absolute atomic E-state index is 0.123. The number of halogens is 1. The minimum atomic E-state index is -0.302. The van der Waals surface area contributed by atoms with E-state index < -0.39 is 0 Å². The van der Waals surface area contributed by atoms with E-state index in [4.69, 9.17) is 0 Å². The van der Waals surface area contributed by atoms with Crippen LogP contribution in [0.25, 0.3) is 16.7 Å². The van der Waals surface area contributed by atoms with E-state index in [2.05, 4.69) is 44.1 Å². The van der Waals surface area contributed by atoms with Gasteiger partial charge in [0, 0.05) is 9.26 Å². The van der Waals surface area contributed by atoms with Crippen LogP contribution in [0.5, 0.6) is 0 Å². The first-order valence-corrected chi connectivity index (χ1v) is 10.1. The molecule has 29 heavy (non-hydrogen) atoms. The summed E-state index contributed by atoms with van der Waals surface area (Å²) in [6.07, 6.45) is 2.88. The van der Waals surface area contributed by atoms with E-state index >= 15 is 0 Å². The molecule has 4 aromatic rings. The Labute approximate surface area is 180 Å². The van der Waals surface area contributed by atoms with E-state index in [-0.39, 0.29) is 18.0 Å². The highest BCUT2D eigenvalue weighted by atomic mass is 127. The van der Waals surface area contributed by atoms with Crippen molar-refractivity contribution in [3.63, 3.8) is 0 Å². The molecule has 0 fully saturated rings. The van der Waals surface area contributed by atoms with Gasteiger partial charge >= 0.3 is 0 Å². The molecule has 4 rings (SSSR count). The van der Waals surface area contributed by atoms with Crippen molar-refractivity contribution < 1.29 is 4.79 Å². The number of anilines is 1. The van der Waals surface area contributed by atoms with Crippen LogP contribution in [0.4, 0.5) is 5.69 Å². The molecule has 0 aliphatic rings. The molecule has 2 aromatic heterocycles. The molecule has 7 nitrogen and oxygen atoms in total. The number of benzene rings is 2. The molecule has 0 unspecified atom stereocenters. The number of carbonyl (C=O) groups excluding carboxylic acids is 1. The number of fused-ring (bicyclic) bond motifs is 1. The van der Waals surface area contributed by atoms with Gasteiger partial charge in [-0.1, -0.05) is 6.07 Å². The summed E-state index contributed by atoms with van der Waals surface area (Å²) >= 11 is 2.20. The molecule has 1 amide bonds. The molecular formula is C21H18IN5O2. The van der Waals surface area contributed by atoms with E-state index in [1.54, 1.807) is 4.68 Å². The molecule has 1 N–H and O–H groups in total. The van der Waals surface area contributed by atoms with Gasteiger partial charge in [-0.3, -0.25) is 14.2 Å². The molecule has 0 spiro atoms. The Balaban J connectivity index is 1.62. The Hall–Kier alpha value is -3.01. The fraction of sp³-hybridized carbons (Fsp3) is 0.143. The third-order valence-corrected chi connectivity index (χ3v) is 5.17. The van der Waals surface area contributed by atoms with Gasteiger partial charge in [-0.2, -0.15) is 5.10 Å². The Morgan fingerprint density at radius 2 is 1.79 bits per heavy atom. The fourth-order valence-electron chi connectivity index (χ4n) is 3.21. The lowest BCUT2D eigenvalue weighted by Crippen LogP contribution is -2.27. The van der Waals surface area contributed by atoms with Crippen molar-refractivity contribution in [1.82, 2.24) is 19.3 Å². The lowest BCUT2D eigenvalue weighted by Gasteiger charge is -2.08. The monoisotopic (exact) mass is 499 g/mol. The Morgan fingerprint density at radius 3 is 2.48 bits per heavy atom. The highest BCUT2D eigenvalue weighted by Gasteiger charge is 2.14. The largest absolute Gasteiger partial charge is 0.325 e. The van der Waals surface area contributed by atoms with Crippen LogP contribution in [-0.4, -0.2) is 25.2 Å². The maximum absolute atomic E-state index is 12.8. The van der Waals surface area contributed by atoms with Gasteiger partial charge in [-0.05, 0) is 84.0 Å². The number of nitrogens with one attached hydrogen (secondary N) is 1. The SMILES string of the molecule is Cc1cc(C)cc(-n2ncc3c(=O)n(CC(=O)Nc4ccc(I)cc4)cnc32)c1. The molecule has 0 aliphatic carbocycles. The lowest BCUT2D eigenvalue weighted by atomic mass is 10.1. The van der Waals surface area contributed by atoms with Crippen LogP contribution in [0, 0.1) is 17.4 Å². The molecule has 0 aliphatic heterocycles. The summed E-state index contributed by atoms with van der Waals surface area (Å²) in [6, 6.07) is 13.5. The Morgan fingerprint density at radius 1 is 1.10 bits per heavy atom. The lowest BCUT2D eigenvalue weighted by molar-refractivity contribution is -0.116. The van der Waals surface area contributed by atoms with Crippen LogP contribution < -0.4 is 10.9 Å². The zero-order valence-corrected chi connectivity index (χ0v) is 18.0. The van der Waals surface area contributed by atoms with Crippen LogP contribution >= 0.6 is 22.6 Å². The summed E-state index contributed by atoms with van der Waals surface area (Å²) in [7, 11) is 0. The Kier molecular flexibility index (Phi) is 5.18. The second-order valence-corrected chi connectivity index (χ2v) is 8.12. The topological polar surface area (TPSA) is 81.8 Å². The molecule has 0 saturated carbocycles. The molecular weight excluding hydrogens is 481 g/mol. The molecule has 8 heteroatoms. The second-order valence-electron chi connectivity index (χ2n) is 6.87. The first kappa shape index (κ1) is 19.3. The fourth-order valence-corrected chi connectivity index (χ4v) is 3.57. The third kappa shape index (κ3) is 4.07. The van der Waals surface area contributed by atoms with Gasteiger partial charge in [0.15, 0.2) is 5.65 Å². The molecule has 146 valence electrons. The summed E-state index contributed by atoms with van der Waals surface area (Å²) in [5.74, 6) is -0.295. The molecule has 0 bridgehead atoms. The predicted octanol–water partition coefficient (Wildman–Crippen LogP) is 3.44. The highest BCUT2D eigenvalue weighted by molar-refractivity contribution is 14.1. The van der Waals surface area contributed by atoms with Crippen LogP contribution in [0.15, 0.2) is 59.8 Å². The van der Waals surface area contributed by atoms with Gasteiger partial charge in [-0.25, -0.2) is 9.67 Å². The van der Waals surface area contributed by atoms with Crippen molar-refractivity contribution in [2.24, 2.45) is 0 Å². The van der Waals surface area contributed by atoms with Crippen LogP contribution in [0.1, 0.15) is 11.1 Å². The van der Waals surface area contributed by atoms with Gasteiger partial charge in [0.05, 0.1) is 11.9 Å². The number of nitrogens with zero attached hydrogens (tertiary/aromatic N) is 4. The van der Waals surface area contributed by atoms with E-state index in [0.717, 1.165) is 20.4 Å². The number of hydrogen-bond donors (Lipinski definition) is 1. The smallest absolute Gasteiger partial charge is 0.264 e. The quantitative estimate of drug-likeness (QED) is 0.437. The summed E-state index contributed by atoms with van der Waals surface area (Å²) in [5.41, 5.74) is 3.89. The van der Waals surface area contributed by atoms with E-state index in [1.807, 2.05) is 50.2 Å². The number of hydrogen-bond acceptors (Lipinski definition) is 4. The zero-order chi connectivity index (χ0) is 20.5. The van der Waals surface area contributed by atoms with Crippen LogP contribution in [-0.2, 0) is 11.3 Å². The number of amides is 1. The van der Waals surface area contributed by atoms with Crippen molar-refractivity contribution in [1.29, 1.82) is 0 Å². The van der Waals surface area contributed by atoms with Crippen molar-refractivity contribution >= 4 is 45.2 Å². The Bertz CT molecular complexity index is 1250. The van der Waals surface area contributed by atoms with Gasteiger partial charge in [0.25, 0.3) is 5.56 Å². The van der Waals surface area contributed by atoms with Gasteiger partial charge in [0.1, 0.15) is 18.3 Å². The van der Waals surface area contributed by atoms with Crippen molar-refractivity contribution in [2.45, 2.75) is 20.4 Å². The summed E-state index contributed by atoms with van der Waals surface area (Å²) in [6.45, 7) is 3.90. The van der Waals surface area contributed by atoms with E-state index in [1.165, 1.54) is 17.1 Å². The average Bonchev–Trinajstić information content (AvgIpc) is 3.10. The van der Waals surface area contributed by atoms with Gasteiger partial charge < -0.3 is 5.32 Å². The molecule has 2 heterocycles. The maximum Gasteiger partial charge on any atom is 0.264 e. The summed E-state index contributed by atoms with van der Waals surface area (Å²) in [4.78, 5) is 29.6. The van der Waals surface area contributed by atoms with E-state index in [0.29, 0.717) is 16.7 Å². The summed E-state index contributed by atoms with van der Waals surface area (Å²) < 4.78 is 4.01. The van der Waals surface area contributed by atoms with Crippen molar-refractivity contribution in [3.05, 3.63) is 80.0 Å². The van der Waals surface area contributed by atoms with Crippen LogP contribution in [0.3, 0.4) is 0 Å². The first-order chi connectivity index (χ1) is 13.9. The normalized spacial score (nSPS) is 11.0. The third-order valence-electron chi connectivity index (χ3n) is 4.45. The van der Waals surface area contributed by atoms with Crippen molar-refractivity contribution in [3.8, 4) is 5.69 Å². The second kappa shape index (κ2) is 7.78. The average molecular weight is 499 g/mol. The summed E-state index contributed by atoms with van der Waals surface area (Å²) in [5, 5.41) is 7.50. The highest BCUT2D eigenvalue weighted by Crippen LogP contribution is 2.17. The molecule has 0 radical (unpaired) electrons. The number of carbonyl (C=O) groups is 1. The molecule has 0 atom stereocenters. The minimum Gasteiger partial charge on any atom is -0.325 e. The van der Waals surface area contributed by atoms with E-state index in [9.17, 15) is 9.59 Å². The van der Waals surface area contributed by atoms with Crippen LogP contribution in [0.2, 0.25) is 0 Å². The molecule has 0 saturated heterocycles. The van der Waals surface area contributed by atoms with Crippen molar-refractivity contribution in [2.75, 3.05) is 5.32 Å².